The summed E-state index contributed by atoms with van der Waals surface area (Å²) in [7, 11) is 1.71. The minimum Gasteiger partial charge on any atom is -0.378 e. The Bertz CT molecular complexity index is 492. The van der Waals surface area contributed by atoms with Gasteiger partial charge in [-0.3, -0.25) is 9.69 Å². The molecule has 1 aliphatic rings. The fourth-order valence-electron chi connectivity index (χ4n) is 2.33. The van der Waals surface area contributed by atoms with Gasteiger partial charge in [-0.25, -0.2) is 14.8 Å². The van der Waals surface area contributed by atoms with E-state index >= 15 is 0 Å². The van der Waals surface area contributed by atoms with Crippen molar-refractivity contribution < 1.29 is 13.9 Å². The monoisotopic (exact) mass is 294 g/mol. The van der Waals surface area contributed by atoms with E-state index in [4.69, 9.17) is 4.74 Å². The van der Waals surface area contributed by atoms with Gasteiger partial charge in [-0.1, -0.05) is 12.1 Å². The molecule has 1 fully saturated rings. The Kier molecular flexibility index (Phi) is 5.79. The lowest BCUT2D eigenvalue weighted by molar-refractivity contribution is -0.106. The van der Waals surface area contributed by atoms with Gasteiger partial charge in [-0.15, -0.1) is 0 Å². The Morgan fingerprint density at radius 3 is 2.95 bits per heavy atom. The molecule has 0 radical (unpaired) electrons. The maximum Gasteiger partial charge on any atom is 0.234 e. The van der Waals surface area contributed by atoms with E-state index in [1.807, 2.05) is 0 Å². The Hall–Kier alpha value is -1.83. The number of nitrogens with one attached hydrogen (secondary N) is 2. The molecule has 1 aromatic rings. The van der Waals surface area contributed by atoms with Crippen LogP contribution in [0.3, 0.4) is 0 Å². The van der Waals surface area contributed by atoms with Crippen molar-refractivity contribution >= 4 is 12.2 Å². The zero-order valence-electron chi connectivity index (χ0n) is 11.9. The summed E-state index contributed by atoms with van der Waals surface area (Å²) in [4.78, 5) is 16.5. The van der Waals surface area contributed by atoms with Crippen molar-refractivity contribution in [3.8, 4) is 0 Å². The largest absolute Gasteiger partial charge is 0.378 e. The van der Waals surface area contributed by atoms with Crippen LogP contribution in [0.1, 0.15) is 11.6 Å². The summed E-state index contributed by atoms with van der Waals surface area (Å²) < 4.78 is 18.6. The summed E-state index contributed by atoms with van der Waals surface area (Å²) in [6.07, 6.45) is 0.507. The number of ether oxygens (including phenoxy) is 1. The van der Waals surface area contributed by atoms with Crippen LogP contribution in [0.5, 0.6) is 0 Å². The maximum absolute atomic E-state index is 13.0. The molecule has 1 heterocycles. The SMILES string of the molecule is CNN/C(CN1CCOC[C@@H]1c1ccc(F)cc1)=N\C=O. The van der Waals surface area contributed by atoms with E-state index in [1.54, 1.807) is 19.2 Å². The average Bonchev–Trinajstić information content (AvgIpc) is 2.49. The van der Waals surface area contributed by atoms with Crippen LogP contribution >= 0.6 is 0 Å². The first kappa shape index (κ1) is 15.6. The van der Waals surface area contributed by atoms with Gasteiger partial charge in [0.15, 0.2) is 0 Å². The number of hydrogen-bond donors (Lipinski definition) is 2. The van der Waals surface area contributed by atoms with Gasteiger partial charge < -0.3 is 10.2 Å². The molecule has 0 spiro atoms. The Balaban J connectivity index is 2.13. The number of carbonyl (C=O) groups is 1. The molecule has 1 atom stereocenters. The van der Waals surface area contributed by atoms with Crippen molar-refractivity contribution in [3.63, 3.8) is 0 Å². The van der Waals surface area contributed by atoms with E-state index in [-0.39, 0.29) is 11.9 Å². The number of benzene rings is 1. The van der Waals surface area contributed by atoms with Crippen molar-refractivity contribution in [2.75, 3.05) is 33.4 Å². The molecule has 1 aliphatic heterocycles. The number of morpholine rings is 1. The highest BCUT2D eigenvalue weighted by molar-refractivity contribution is 5.89. The molecule has 2 N–H and O–H groups in total. The fourth-order valence-corrected chi connectivity index (χ4v) is 2.33. The number of rotatable bonds is 5. The number of nitrogens with zero attached hydrogens (tertiary/aromatic N) is 2. The Morgan fingerprint density at radius 2 is 2.29 bits per heavy atom. The van der Waals surface area contributed by atoms with Crippen LogP contribution in [0.25, 0.3) is 0 Å². The van der Waals surface area contributed by atoms with E-state index in [0.29, 0.717) is 38.5 Å². The summed E-state index contributed by atoms with van der Waals surface area (Å²) in [5, 5.41) is 0. The number of aliphatic imine (C=N–C) groups is 1. The van der Waals surface area contributed by atoms with E-state index in [2.05, 4.69) is 20.7 Å². The summed E-state index contributed by atoms with van der Waals surface area (Å²) in [6, 6.07) is 6.39. The molecule has 0 unspecified atom stereocenters. The first-order valence-electron chi connectivity index (χ1n) is 6.75. The third-order valence-corrected chi connectivity index (χ3v) is 3.32. The van der Waals surface area contributed by atoms with Gasteiger partial charge in [0, 0.05) is 13.6 Å². The van der Waals surface area contributed by atoms with Crippen molar-refractivity contribution in [1.29, 1.82) is 0 Å². The third kappa shape index (κ3) is 4.32. The number of hydrazine groups is 1. The van der Waals surface area contributed by atoms with E-state index in [0.717, 1.165) is 5.56 Å². The van der Waals surface area contributed by atoms with Gasteiger partial charge in [-0.05, 0) is 17.7 Å². The van der Waals surface area contributed by atoms with Gasteiger partial charge in [0.1, 0.15) is 11.7 Å². The fraction of sp³-hybridized carbons (Fsp3) is 0.429. The smallest absolute Gasteiger partial charge is 0.234 e. The quantitative estimate of drug-likeness (QED) is 0.358. The molecule has 21 heavy (non-hydrogen) atoms. The molecule has 7 heteroatoms. The van der Waals surface area contributed by atoms with Gasteiger partial charge in [0.25, 0.3) is 0 Å². The molecule has 0 bridgehead atoms. The molecule has 0 aliphatic carbocycles. The molecular weight excluding hydrogens is 275 g/mol. The van der Waals surface area contributed by atoms with Gasteiger partial charge in [-0.2, -0.15) is 0 Å². The molecule has 0 aromatic heterocycles. The van der Waals surface area contributed by atoms with Crippen LogP contribution in [0.4, 0.5) is 4.39 Å². The number of hydrogen-bond acceptors (Lipinski definition) is 4. The lowest BCUT2D eigenvalue weighted by atomic mass is 10.0. The summed E-state index contributed by atoms with van der Waals surface area (Å²) in [5.41, 5.74) is 6.57. The third-order valence-electron chi connectivity index (χ3n) is 3.32. The van der Waals surface area contributed by atoms with Gasteiger partial charge >= 0.3 is 0 Å². The highest BCUT2D eigenvalue weighted by Gasteiger charge is 2.25. The zero-order chi connectivity index (χ0) is 15.1. The van der Waals surface area contributed by atoms with Crippen LogP contribution in [-0.2, 0) is 9.53 Å². The second kappa shape index (κ2) is 7.82. The standard InChI is InChI=1S/C14H19FN4O2/c1-16-18-14(17-10-20)8-19-6-7-21-9-13(19)11-2-4-12(15)5-3-11/h2-5,10,13,16H,6-9H2,1H3,(H,17,18,20)/t13-/m1/s1. The number of halogens is 1. The van der Waals surface area contributed by atoms with Crippen LogP contribution in [0.2, 0.25) is 0 Å². The highest BCUT2D eigenvalue weighted by Crippen LogP contribution is 2.24. The van der Waals surface area contributed by atoms with Crippen LogP contribution in [-0.4, -0.2) is 50.5 Å². The first-order valence-corrected chi connectivity index (χ1v) is 6.75. The summed E-state index contributed by atoms with van der Waals surface area (Å²) in [5.74, 6) is 0.267. The van der Waals surface area contributed by atoms with E-state index in [1.165, 1.54) is 12.1 Å². The van der Waals surface area contributed by atoms with Crippen molar-refractivity contribution in [3.05, 3.63) is 35.6 Å². The lowest BCUT2D eigenvalue weighted by Gasteiger charge is -2.36. The van der Waals surface area contributed by atoms with E-state index in [9.17, 15) is 9.18 Å². The molecule has 1 aromatic carbocycles. The predicted octanol–water partition coefficient (Wildman–Crippen LogP) is 0.478. The number of amides is 1. The minimum atomic E-state index is -0.262. The average molecular weight is 294 g/mol. The van der Waals surface area contributed by atoms with Crippen molar-refractivity contribution in [1.82, 2.24) is 15.8 Å². The first-order chi connectivity index (χ1) is 10.2. The normalized spacial score (nSPS) is 20.3. The van der Waals surface area contributed by atoms with Gasteiger partial charge in [0.2, 0.25) is 6.41 Å². The minimum absolute atomic E-state index is 0.00913. The molecule has 1 saturated heterocycles. The molecule has 0 saturated carbocycles. The summed E-state index contributed by atoms with van der Waals surface area (Å²) in [6.45, 7) is 2.33. The maximum atomic E-state index is 13.0. The van der Waals surface area contributed by atoms with Crippen molar-refractivity contribution in [2.24, 2.45) is 4.99 Å². The molecule has 2 rings (SSSR count). The predicted molar refractivity (Wildman–Crippen MR) is 77.2 cm³/mol. The Morgan fingerprint density at radius 1 is 1.52 bits per heavy atom. The second-order valence-corrected chi connectivity index (χ2v) is 4.67. The van der Waals surface area contributed by atoms with Gasteiger partial charge in [0.05, 0.1) is 25.8 Å². The highest BCUT2D eigenvalue weighted by atomic mass is 19.1. The zero-order valence-corrected chi connectivity index (χ0v) is 11.9. The summed E-state index contributed by atoms with van der Waals surface area (Å²) >= 11 is 0. The van der Waals surface area contributed by atoms with Crippen LogP contribution in [0, 0.1) is 5.82 Å². The topological polar surface area (TPSA) is 66.0 Å². The second-order valence-electron chi connectivity index (χ2n) is 4.67. The molecule has 1 amide bonds. The number of carbonyl (C=O) groups excluding carboxylic acids is 1. The number of amidine groups is 1. The molecular formula is C14H19FN4O2. The van der Waals surface area contributed by atoms with Crippen molar-refractivity contribution in [2.45, 2.75) is 6.04 Å². The van der Waals surface area contributed by atoms with Crippen LogP contribution < -0.4 is 10.9 Å². The molecule has 6 nitrogen and oxygen atoms in total. The lowest BCUT2D eigenvalue weighted by Crippen LogP contribution is -2.47. The van der Waals surface area contributed by atoms with Crippen LogP contribution in [0.15, 0.2) is 29.3 Å². The Labute approximate surface area is 123 Å². The van der Waals surface area contributed by atoms with E-state index < -0.39 is 0 Å². The molecule has 114 valence electrons.